The number of amides is 2. The number of rotatable bonds is 6. The lowest BCUT2D eigenvalue weighted by molar-refractivity contribution is -0.136. The van der Waals surface area contributed by atoms with Gasteiger partial charge in [0.2, 0.25) is 5.91 Å². The summed E-state index contributed by atoms with van der Waals surface area (Å²) in [4.78, 5) is 26.6. The Kier molecular flexibility index (Phi) is 5.00. The third-order valence-electron chi connectivity index (χ3n) is 4.58. The molecular weight excluding hydrogens is 296 g/mol. The minimum Gasteiger partial charge on any atom is -0.469 e. The van der Waals surface area contributed by atoms with Crippen LogP contribution in [0.2, 0.25) is 0 Å². The lowest BCUT2D eigenvalue weighted by atomic mass is 10.1. The molecule has 3 rings (SSSR count). The van der Waals surface area contributed by atoms with Crippen LogP contribution in [-0.4, -0.2) is 49.1 Å². The Labute approximate surface area is 136 Å². The Hall–Kier alpha value is -1.82. The third kappa shape index (κ3) is 3.93. The zero-order chi connectivity index (χ0) is 16.2. The molecule has 6 heteroatoms. The van der Waals surface area contributed by atoms with Gasteiger partial charge in [-0.25, -0.2) is 0 Å². The number of carbonyl (C=O) groups is 2. The van der Waals surface area contributed by atoms with Crippen molar-refractivity contribution >= 4 is 11.8 Å². The molecule has 0 unspecified atom stereocenters. The number of hydrogen-bond acceptors (Lipinski definition) is 4. The van der Waals surface area contributed by atoms with E-state index in [1.807, 2.05) is 4.90 Å². The Balaban J connectivity index is 1.54. The fourth-order valence-corrected chi connectivity index (χ4v) is 3.04. The molecule has 0 radical (unpaired) electrons. The largest absolute Gasteiger partial charge is 0.469 e. The summed E-state index contributed by atoms with van der Waals surface area (Å²) in [6.07, 6.45) is 5.27. The van der Waals surface area contributed by atoms with Gasteiger partial charge < -0.3 is 19.4 Å². The summed E-state index contributed by atoms with van der Waals surface area (Å²) in [5, 5.41) is 2.89. The molecule has 2 heterocycles. The topological polar surface area (TPSA) is 71.8 Å². The van der Waals surface area contributed by atoms with Crippen molar-refractivity contribution in [1.29, 1.82) is 0 Å². The highest BCUT2D eigenvalue weighted by Gasteiger charge is 2.36. The summed E-state index contributed by atoms with van der Waals surface area (Å²) in [5.41, 5.74) is 0.552. The van der Waals surface area contributed by atoms with Gasteiger partial charge in [0.05, 0.1) is 11.8 Å². The van der Waals surface area contributed by atoms with Gasteiger partial charge in [0.15, 0.2) is 0 Å². The molecule has 2 aliphatic rings. The van der Waals surface area contributed by atoms with Crippen LogP contribution in [0.1, 0.15) is 41.8 Å². The van der Waals surface area contributed by atoms with Gasteiger partial charge in [0.1, 0.15) is 5.76 Å². The van der Waals surface area contributed by atoms with Crippen LogP contribution in [0, 0.1) is 12.8 Å². The number of hydrogen-bond donors (Lipinski definition) is 1. The molecule has 1 saturated heterocycles. The summed E-state index contributed by atoms with van der Waals surface area (Å²) >= 11 is 0. The average molecular weight is 320 g/mol. The van der Waals surface area contributed by atoms with Gasteiger partial charge in [0, 0.05) is 38.3 Å². The molecule has 126 valence electrons. The van der Waals surface area contributed by atoms with Crippen molar-refractivity contribution in [2.45, 2.75) is 38.6 Å². The van der Waals surface area contributed by atoms with E-state index in [1.165, 1.54) is 6.26 Å². The Morgan fingerprint density at radius 2 is 2.00 bits per heavy atom. The standard InChI is InChI=1S/C17H24N2O4/c1-12-15(6-11-23-12)16(20)18-7-8-19(17(21)13-2-3-13)14-4-9-22-10-5-14/h6,11,13-14H,2-5,7-10H2,1H3,(H,18,20). The van der Waals surface area contributed by atoms with Crippen molar-refractivity contribution < 1.29 is 18.7 Å². The van der Waals surface area contributed by atoms with E-state index >= 15 is 0 Å². The molecular formula is C17H24N2O4. The summed E-state index contributed by atoms with van der Waals surface area (Å²) in [6.45, 7) is 4.20. The number of furan rings is 1. The number of ether oxygens (including phenoxy) is 1. The first-order valence-corrected chi connectivity index (χ1v) is 8.37. The monoisotopic (exact) mass is 320 g/mol. The van der Waals surface area contributed by atoms with Crippen LogP contribution in [0.3, 0.4) is 0 Å². The SMILES string of the molecule is Cc1occc1C(=O)NCCN(C(=O)C1CC1)C1CCOCC1. The van der Waals surface area contributed by atoms with Crippen molar-refractivity contribution in [3.63, 3.8) is 0 Å². The minimum absolute atomic E-state index is 0.151. The molecule has 1 aromatic heterocycles. The molecule has 6 nitrogen and oxygen atoms in total. The molecule has 1 aliphatic heterocycles. The summed E-state index contributed by atoms with van der Waals surface area (Å²) in [5.74, 6) is 0.898. The normalized spacial score (nSPS) is 18.7. The molecule has 2 amide bonds. The molecule has 1 aromatic rings. The fraction of sp³-hybridized carbons (Fsp3) is 0.647. The van der Waals surface area contributed by atoms with E-state index in [1.54, 1.807) is 13.0 Å². The van der Waals surface area contributed by atoms with Crippen molar-refractivity contribution in [1.82, 2.24) is 10.2 Å². The molecule has 1 aliphatic carbocycles. The van der Waals surface area contributed by atoms with Crippen molar-refractivity contribution in [2.75, 3.05) is 26.3 Å². The summed E-state index contributed by atoms with van der Waals surface area (Å²) in [6, 6.07) is 1.90. The second-order valence-electron chi connectivity index (χ2n) is 6.30. The lowest BCUT2D eigenvalue weighted by Gasteiger charge is -2.34. The predicted molar refractivity (Wildman–Crippen MR) is 84.1 cm³/mol. The molecule has 0 atom stereocenters. The number of aryl methyl sites for hydroxylation is 1. The second-order valence-corrected chi connectivity index (χ2v) is 6.30. The van der Waals surface area contributed by atoms with E-state index in [0.717, 1.165) is 25.7 Å². The smallest absolute Gasteiger partial charge is 0.254 e. The minimum atomic E-state index is -0.151. The number of nitrogens with one attached hydrogen (secondary N) is 1. The highest BCUT2D eigenvalue weighted by Crippen LogP contribution is 2.32. The Morgan fingerprint density at radius 1 is 1.26 bits per heavy atom. The zero-order valence-corrected chi connectivity index (χ0v) is 13.5. The third-order valence-corrected chi connectivity index (χ3v) is 4.58. The van der Waals surface area contributed by atoms with E-state index in [9.17, 15) is 9.59 Å². The summed E-state index contributed by atoms with van der Waals surface area (Å²) in [7, 11) is 0. The first-order valence-electron chi connectivity index (χ1n) is 8.37. The molecule has 23 heavy (non-hydrogen) atoms. The van der Waals surface area contributed by atoms with Crippen LogP contribution in [0.4, 0.5) is 0 Å². The van der Waals surface area contributed by atoms with Gasteiger partial charge >= 0.3 is 0 Å². The van der Waals surface area contributed by atoms with Gasteiger partial charge in [-0.05, 0) is 38.7 Å². The Morgan fingerprint density at radius 3 is 2.61 bits per heavy atom. The number of nitrogens with zero attached hydrogens (tertiary/aromatic N) is 1. The van der Waals surface area contributed by atoms with Crippen molar-refractivity contribution in [2.24, 2.45) is 5.92 Å². The first kappa shape index (κ1) is 16.1. The second kappa shape index (κ2) is 7.17. The van der Waals surface area contributed by atoms with Gasteiger partial charge in [0.25, 0.3) is 5.91 Å². The van der Waals surface area contributed by atoms with Crippen LogP contribution >= 0.6 is 0 Å². The number of carbonyl (C=O) groups excluding carboxylic acids is 2. The molecule has 0 bridgehead atoms. The van der Waals surface area contributed by atoms with Crippen LogP contribution in [0.15, 0.2) is 16.7 Å². The maximum absolute atomic E-state index is 12.5. The quantitative estimate of drug-likeness (QED) is 0.866. The first-order chi connectivity index (χ1) is 11.2. The highest BCUT2D eigenvalue weighted by atomic mass is 16.5. The molecule has 0 aromatic carbocycles. The van der Waals surface area contributed by atoms with Crippen molar-refractivity contribution in [3.05, 3.63) is 23.7 Å². The van der Waals surface area contributed by atoms with Crippen LogP contribution in [0.5, 0.6) is 0 Å². The highest BCUT2D eigenvalue weighted by molar-refractivity contribution is 5.95. The fourth-order valence-electron chi connectivity index (χ4n) is 3.04. The average Bonchev–Trinajstić information content (AvgIpc) is 3.33. The Bertz CT molecular complexity index is 559. The molecule has 1 saturated carbocycles. The van der Waals surface area contributed by atoms with Crippen LogP contribution in [-0.2, 0) is 9.53 Å². The van der Waals surface area contributed by atoms with Gasteiger partial charge in [-0.2, -0.15) is 0 Å². The van der Waals surface area contributed by atoms with E-state index in [2.05, 4.69) is 5.32 Å². The lowest BCUT2D eigenvalue weighted by Crippen LogP contribution is -2.47. The maximum atomic E-state index is 12.5. The van der Waals surface area contributed by atoms with E-state index in [-0.39, 0.29) is 23.8 Å². The zero-order valence-electron chi connectivity index (χ0n) is 13.5. The summed E-state index contributed by atoms with van der Waals surface area (Å²) < 4.78 is 10.5. The van der Waals surface area contributed by atoms with E-state index in [4.69, 9.17) is 9.15 Å². The van der Waals surface area contributed by atoms with E-state index < -0.39 is 0 Å². The van der Waals surface area contributed by atoms with Gasteiger partial charge in [-0.15, -0.1) is 0 Å². The van der Waals surface area contributed by atoms with Crippen LogP contribution < -0.4 is 5.32 Å². The molecule has 0 spiro atoms. The van der Waals surface area contributed by atoms with Gasteiger partial charge in [-0.1, -0.05) is 0 Å². The predicted octanol–water partition coefficient (Wildman–Crippen LogP) is 1.74. The maximum Gasteiger partial charge on any atom is 0.254 e. The molecule has 2 fully saturated rings. The molecule has 1 N–H and O–H groups in total. The van der Waals surface area contributed by atoms with E-state index in [0.29, 0.717) is 37.6 Å². The van der Waals surface area contributed by atoms with Crippen LogP contribution in [0.25, 0.3) is 0 Å². The van der Waals surface area contributed by atoms with Crippen molar-refractivity contribution in [3.8, 4) is 0 Å². The van der Waals surface area contributed by atoms with Gasteiger partial charge in [-0.3, -0.25) is 9.59 Å².